The summed E-state index contributed by atoms with van der Waals surface area (Å²) in [5, 5.41) is 7.35. The van der Waals surface area contributed by atoms with Gasteiger partial charge in [0, 0.05) is 17.7 Å². The van der Waals surface area contributed by atoms with Crippen LogP contribution in [0.4, 0.5) is 5.88 Å². The molecule has 3 rings (SSSR count). The number of hydrogen-bond donors (Lipinski definition) is 1. The Bertz CT molecular complexity index is 667. The molecule has 1 aliphatic carbocycles. The van der Waals surface area contributed by atoms with Crippen LogP contribution in [-0.4, -0.2) is 22.8 Å². The number of anilines is 1. The van der Waals surface area contributed by atoms with E-state index in [2.05, 4.69) is 10.5 Å². The third-order valence-corrected chi connectivity index (χ3v) is 3.80. The molecule has 0 atom stereocenters. The van der Waals surface area contributed by atoms with Gasteiger partial charge in [-0.1, -0.05) is 35.5 Å². The Morgan fingerprint density at radius 3 is 2.61 bits per heavy atom. The van der Waals surface area contributed by atoms with Gasteiger partial charge in [0.25, 0.3) is 0 Å². The molecule has 0 unspecified atom stereocenters. The van der Waals surface area contributed by atoms with Crippen LogP contribution in [0.15, 0.2) is 40.9 Å². The number of carbonyl (C=O) groups is 1. The van der Waals surface area contributed by atoms with Crippen molar-refractivity contribution in [2.75, 3.05) is 5.32 Å². The monoisotopic (exact) mass is 314 g/mol. The Labute approximate surface area is 136 Å². The smallest absolute Gasteiger partial charge is 0.309 e. The van der Waals surface area contributed by atoms with Crippen LogP contribution >= 0.6 is 0 Å². The highest BCUT2D eigenvalue weighted by Crippen LogP contribution is 2.33. The first-order valence-electron chi connectivity index (χ1n) is 7.92. The number of aromatic nitrogens is 1. The van der Waals surface area contributed by atoms with Crippen molar-refractivity contribution >= 4 is 11.9 Å². The predicted molar refractivity (Wildman–Crippen MR) is 87.9 cm³/mol. The number of rotatable bonds is 4. The van der Waals surface area contributed by atoms with Crippen molar-refractivity contribution < 1.29 is 14.1 Å². The maximum Gasteiger partial charge on any atom is 0.309 e. The molecule has 1 aromatic carbocycles. The van der Waals surface area contributed by atoms with Gasteiger partial charge in [0.1, 0.15) is 11.3 Å². The Hall–Kier alpha value is -2.30. The average Bonchev–Trinajstić information content (AvgIpc) is 2.90. The van der Waals surface area contributed by atoms with Crippen LogP contribution in [0.5, 0.6) is 0 Å². The molecule has 5 heteroatoms. The van der Waals surface area contributed by atoms with Gasteiger partial charge in [-0.15, -0.1) is 0 Å². The van der Waals surface area contributed by atoms with E-state index in [0.29, 0.717) is 5.88 Å². The van der Waals surface area contributed by atoms with Gasteiger partial charge in [-0.05, 0) is 33.6 Å². The van der Waals surface area contributed by atoms with Crippen LogP contribution in [0, 0.1) is 5.92 Å². The third kappa shape index (κ3) is 3.92. The molecular formula is C18H22N2O3. The molecule has 5 nitrogen and oxygen atoms in total. The van der Waals surface area contributed by atoms with Gasteiger partial charge in [0.05, 0.1) is 5.92 Å². The van der Waals surface area contributed by atoms with Crippen LogP contribution in [-0.2, 0) is 9.53 Å². The number of hydrogen-bond acceptors (Lipinski definition) is 5. The molecule has 23 heavy (non-hydrogen) atoms. The average molecular weight is 314 g/mol. The summed E-state index contributed by atoms with van der Waals surface area (Å²) in [6.07, 6.45) is 1.52. The second-order valence-electron chi connectivity index (χ2n) is 6.99. The Kier molecular flexibility index (Phi) is 4.11. The van der Waals surface area contributed by atoms with Crippen molar-refractivity contribution in [3.05, 3.63) is 36.4 Å². The number of nitrogens with zero attached hydrogens (tertiary/aromatic N) is 1. The molecule has 1 aromatic heterocycles. The summed E-state index contributed by atoms with van der Waals surface area (Å²) >= 11 is 0. The fourth-order valence-electron chi connectivity index (χ4n) is 2.60. The number of nitrogens with one attached hydrogen (secondary N) is 1. The molecule has 1 fully saturated rings. The zero-order chi connectivity index (χ0) is 16.4. The largest absolute Gasteiger partial charge is 0.460 e. The van der Waals surface area contributed by atoms with Gasteiger partial charge in [-0.2, -0.15) is 0 Å². The summed E-state index contributed by atoms with van der Waals surface area (Å²) in [7, 11) is 0. The second-order valence-corrected chi connectivity index (χ2v) is 6.99. The SMILES string of the molecule is CC(C)(C)OC(=O)C1CC(Nc2cc(-c3ccccc3)no2)C1. The first-order valence-corrected chi connectivity index (χ1v) is 7.92. The first kappa shape index (κ1) is 15.6. The van der Waals surface area contributed by atoms with Crippen LogP contribution in [0.2, 0.25) is 0 Å². The van der Waals surface area contributed by atoms with E-state index in [0.717, 1.165) is 24.1 Å². The van der Waals surface area contributed by atoms with Crippen LogP contribution in [0.1, 0.15) is 33.6 Å². The number of esters is 1. The molecule has 1 N–H and O–H groups in total. The lowest BCUT2D eigenvalue weighted by atomic mass is 9.80. The van der Waals surface area contributed by atoms with Gasteiger partial charge in [-0.25, -0.2) is 0 Å². The van der Waals surface area contributed by atoms with Gasteiger partial charge >= 0.3 is 5.97 Å². The summed E-state index contributed by atoms with van der Waals surface area (Å²) in [5.74, 6) is 0.498. The lowest BCUT2D eigenvalue weighted by Gasteiger charge is -2.35. The molecule has 2 aromatic rings. The molecule has 122 valence electrons. The lowest BCUT2D eigenvalue weighted by Crippen LogP contribution is -2.42. The van der Waals surface area contributed by atoms with E-state index >= 15 is 0 Å². The van der Waals surface area contributed by atoms with Crippen molar-refractivity contribution in [1.82, 2.24) is 5.16 Å². The highest BCUT2D eigenvalue weighted by molar-refractivity contribution is 5.74. The Morgan fingerprint density at radius 1 is 1.26 bits per heavy atom. The van der Waals surface area contributed by atoms with Crippen molar-refractivity contribution in [2.45, 2.75) is 45.3 Å². The third-order valence-electron chi connectivity index (χ3n) is 3.80. The summed E-state index contributed by atoms with van der Waals surface area (Å²) < 4.78 is 10.7. The van der Waals surface area contributed by atoms with Gasteiger partial charge in [0.2, 0.25) is 5.88 Å². The standard InChI is InChI=1S/C18H22N2O3/c1-18(2,3)22-17(21)13-9-14(10-13)19-16-11-15(20-23-16)12-7-5-4-6-8-12/h4-8,11,13-14,19H,9-10H2,1-3H3. The van der Waals surface area contributed by atoms with Crippen molar-refractivity contribution in [3.8, 4) is 11.3 Å². The minimum Gasteiger partial charge on any atom is -0.460 e. The number of carbonyl (C=O) groups excluding carboxylic acids is 1. The molecule has 0 aliphatic heterocycles. The number of ether oxygens (including phenoxy) is 1. The van der Waals surface area contributed by atoms with E-state index < -0.39 is 5.60 Å². The molecule has 1 aliphatic rings. The van der Waals surface area contributed by atoms with E-state index in [-0.39, 0.29) is 17.9 Å². The molecule has 0 radical (unpaired) electrons. The van der Waals surface area contributed by atoms with E-state index in [1.54, 1.807) is 0 Å². The molecule has 0 saturated heterocycles. The topological polar surface area (TPSA) is 64.4 Å². The normalized spacial score (nSPS) is 20.7. The zero-order valence-corrected chi connectivity index (χ0v) is 13.7. The van der Waals surface area contributed by atoms with Crippen molar-refractivity contribution in [3.63, 3.8) is 0 Å². The molecule has 0 spiro atoms. The second kappa shape index (κ2) is 6.07. The van der Waals surface area contributed by atoms with Crippen LogP contribution in [0.3, 0.4) is 0 Å². The summed E-state index contributed by atoms with van der Waals surface area (Å²) in [4.78, 5) is 11.9. The van der Waals surface area contributed by atoms with Gasteiger partial charge in [0.15, 0.2) is 0 Å². The van der Waals surface area contributed by atoms with E-state index in [4.69, 9.17) is 9.26 Å². The fourth-order valence-corrected chi connectivity index (χ4v) is 2.60. The molecular weight excluding hydrogens is 292 g/mol. The highest BCUT2D eigenvalue weighted by atomic mass is 16.6. The highest BCUT2D eigenvalue weighted by Gasteiger charge is 2.37. The van der Waals surface area contributed by atoms with Crippen LogP contribution < -0.4 is 5.32 Å². The van der Waals surface area contributed by atoms with Gasteiger partial charge < -0.3 is 14.6 Å². The Morgan fingerprint density at radius 2 is 1.96 bits per heavy atom. The quantitative estimate of drug-likeness (QED) is 0.868. The van der Waals surface area contributed by atoms with Gasteiger partial charge in [-0.3, -0.25) is 4.79 Å². The lowest BCUT2D eigenvalue weighted by molar-refractivity contribution is -0.163. The predicted octanol–water partition coefficient (Wildman–Crippen LogP) is 3.87. The molecule has 1 heterocycles. The van der Waals surface area contributed by atoms with E-state index in [1.165, 1.54) is 0 Å². The van der Waals surface area contributed by atoms with E-state index in [1.807, 2.05) is 57.2 Å². The minimum absolute atomic E-state index is 0.0248. The summed E-state index contributed by atoms with van der Waals surface area (Å²) in [6.45, 7) is 5.66. The summed E-state index contributed by atoms with van der Waals surface area (Å²) in [5.41, 5.74) is 1.39. The first-order chi connectivity index (χ1) is 10.9. The molecule has 0 amide bonds. The maximum atomic E-state index is 11.9. The molecule has 0 bridgehead atoms. The van der Waals surface area contributed by atoms with E-state index in [9.17, 15) is 4.79 Å². The Balaban J connectivity index is 1.51. The fraction of sp³-hybridized carbons (Fsp3) is 0.444. The molecule has 1 saturated carbocycles. The van der Waals surface area contributed by atoms with Crippen LogP contribution in [0.25, 0.3) is 11.3 Å². The zero-order valence-electron chi connectivity index (χ0n) is 13.7. The van der Waals surface area contributed by atoms with Crippen molar-refractivity contribution in [1.29, 1.82) is 0 Å². The minimum atomic E-state index is -0.425. The summed E-state index contributed by atoms with van der Waals surface area (Å²) in [6, 6.07) is 12.0. The van der Waals surface area contributed by atoms with Crippen molar-refractivity contribution in [2.24, 2.45) is 5.92 Å². The maximum absolute atomic E-state index is 11.9. The number of benzene rings is 1.